The van der Waals surface area contributed by atoms with Gasteiger partial charge in [0.15, 0.2) is 0 Å². The van der Waals surface area contributed by atoms with Gasteiger partial charge in [-0.1, -0.05) is 180 Å². The number of hydrogen-bond acceptors (Lipinski definition) is 1. The second-order valence-electron chi connectivity index (χ2n) is 14.8. The van der Waals surface area contributed by atoms with Crippen LogP contribution in [-0.2, 0) is 5.41 Å². The Morgan fingerprint density at radius 2 is 1.49 bits per heavy atom. The zero-order chi connectivity index (χ0) is 37.0. The number of para-hydroxylation sites is 1. The fourth-order valence-corrected chi connectivity index (χ4v) is 7.96. The summed E-state index contributed by atoms with van der Waals surface area (Å²) in [6, 6.07) is 36.0. The van der Waals surface area contributed by atoms with Crippen molar-refractivity contribution >= 4 is 45.1 Å². The molecule has 0 saturated heterocycles. The Hall–Kier alpha value is -5.92. The monoisotopic (exact) mass is 687 g/mol. The summed E-state index contributed by atoms with van der Waals surface area (Å²) in [6.45, 7) is 17.8. The zero-order valence-corrected chi connectivity index (χ0v) is 31.5. The summed E-state index contributed by atoms with van der Waals surface area (Å²) in [5, 5.41) is 2.47. The average molecular weight is 688 g/mol. The van der Waals surface area contributed by atoms with Crippen LogP contribution in [0.5, 0.6) is 0 Å². The molecule has 0 aliphatic heterocycles. The van der Waals surface area contributed by atoms with Gasteiger partial charge in [0.2, 0.25) is 0 Å². The quantitative estimate of drug-likeness (QED) is 0.161. The van der Waals surface area contributed by atoms with E-state index in [0.717, 1.165) is 35.4 Å². The predicted octanol–water partition coefficient (Wildman–Crippen LogP) is 14.7. The average Bonchev–Trinajstić information content (AvgIpc) is 3.27. The van der Waals surface area contributed by atoms with Crippen LogP contribution in [-0.4, -0.2) is 0 Å². The van der Waals surface area contributed by atoms with E-state index in [1.165, 1.54) is 55.4 Å². The third-order valence-corrected chi connectivity index (χ3v) is 10.8. The van der Waals surface area contributed by atoms with E-state index >= 15 is 0 Å². The lowest BCUT2D eigenvalue weighted by Gasteiger charge is -2.33. The van der Waals surface area contributed by atoms with Gasteiger partial charge < -0.3 is 4.90 Å². The molecular weight excluding hydrogens is 639 g/mol. The first-order valence-electron chi connectivity index (χ1n) is 18.8. The third kappa shape index (κ3) is 7.13. The Bertz CT molecular complexity index is 2380. The van der Waals surface area contributed by atoms with E-state index in [9.17, 15) is 0 Å². The van der Waals surface area contributed by atoms with Crippen molar-refractivity contribution < 1.29 is 0 Å². The maximum absolute atomic E-state index is 4.50. The molecule has 0 fully saturated rings. The highest BCUT2D eigenvalue weighted by Gasteiger charge is 2.27. The normalized spacial score (nSPS) is 19.4. The molecule has 1 nitrogen and oxygen atoms in total. The van der Waals surface area contributed by atoms with Crippen LogP contribution in [0, 0.1) is 6.92 Å². The van der Waals surface area contributed by atoms with Crippen molar-refractivity contribution in [3.05, 3.63) is 216 Å². The predicted molar refractivity (Wildman–Crippen MR) is 232 cm³/mol. The van der Waals surface area contributed by atoms with Crippen molar-refractivity contribution in [1.29, 1.82) is 0 Å². The van der Waals surface area contributed by atoms with Gasteiger partial charge in [0.05, 0.1) is 5.69 Å². The molecule has 262 valence electrons. The summed E-state index contributed by atoms with van der Waals surface area (Å²) < 4.78 is 0. The molecule has 0 heterocycles. The molecule has 0 spiro atoms. The largest absolute Gasteiger partial charge is 0.310 e. The lowest BCUT2D eigenvalue weighted by molar-refractivity contribution is 0.532. The molecule has 1 atom stereocenters. The summed E-state index contributed by atoms with van der Waals surface area (Å²) >= 11 is 0. The number of benzene rings is 5. The molecule has 2 aliphatic rings. The molecule has 5 aromatic carbocycles. The molecule has 0 bridgehead atoms. The molecule has 0 saturated carbocycles. The van der Waals surface area contributed by atoms with E-state index in [1.807, 2.05) is 6.08 Å². The molecule has 53 heavy (non-hydrogen) atoms. The first kappa shape index (κ1) is 35.5. The van der Waals surface area contributed by atoms with Crippen LogP contribution in [0.15, 0.2) is 177 Å². The van der Waals surface area contributed by atoms with Crippen molar-refractivity contribution in [3.63, 3.8) is 0 Å². The molecule has 0 N–H and O–H groups in total. The van der Waals surface area contributed by atoms with E-state index in [1.54, 1.807) is 0 Å². The topological polar surface area (TPSA) is 3.24 Å². The van der Waals surface area contributed by atoms with Crippen LogP contribution in [0.2, 0.25) is 0 Å². The van der Waals surface area contributed by atoms with E-state index in [-0.39, 0.29) is 11.3 Å². The minimum absolute atomic E-state index is 0.0835. The highest BCUT2D eigenvalue weighted by atomic mass is 15.1. The van der Waals surface area contributed by atoms with E-state index in [2.05, 4.69) is 210 Å². The Morgan fingerprint density at radius 1 is 0.717 bits per heavy atom. The smallest absolute Gasteiger partial charge is 0.0540 e. The number of hydrogen-bond donors (Lipinski definition) is 0. The standard InChI is InChI=1S/C52H49N/c1-7-21-40-24-13-8-9-14-25-41-26-20-29-45(51(40)41)39(4)44-33-34-50(47-28-17-16-27-46(44)47)53(49-30-18-15-23-38(49)3)42-31-32-43-37(2)22-12-10-11-19-35-52(5,6)48(43)36-42/h7-9,11-34,36,39H,1-2,10,35H2,3-6H3/b9-8-,19-11-,22-12-,24-13+,25-14+,40-21-. The van der Waals surface area contributed by atoms with Crippen LogP contribution in [0.25, 0.3) is 28.0 Å². The summed E-state index contributed by atoms with van der Waals surface area (Å²) in [7, 11) is 0. The van der Waals surface area contributed by atoms with Crippen LogP contribution >= 0.6 is 0 Å². The molecule has 7 rings (SSSR count). The fourth-order valence-electron chi connectivity index (χ4n) is 7.96. The van der Waals surface area contributed by atoms with Gasteiger partial charge in [-0.15, -0.1) is 0 Å². The first-order chi connectivity index (χ1) is 25.8. The first-order valence-corrected chi connectivity index (χ1v) is 18.8. The summed E-state index contributed by atoms with van der Waals surface area (Å²) in [4.78, 5) is 2.46. The number of anilines is 3. The molecule has 5 aromatic rings. The molecule has 0 amide bonds. The van der Waals surface area contributed by atoms with Gasteiger partial charge >= 0.3 is 0 Å². The SMILES string of the molecule is C=C/C=C1/C=C/C=C\C=C\c2cccc(C(C)c3ccc(N(c4ccc5c(c4)C(C)(C)C/C=C\C/C=C\C5=C)c4ccccc4C)c4ccccc34)c21. The van der Waals surface area contributed by atoms with Gasteiger partial charge in [0, 0.05) is 22.7 Å². The van der Waals surface area contributed by atoms with Crippen molar-refractivity contribution in [3.8, 4) is 0 Å². The number of allylic oxidation sites excluding steroid dienone is 13. The van der Waals surface area contributed by atoms with Crippen LogP contribution in [0.1, 0.15) is 78.5 Å². The van der Waals surface area contributed by atoms with Crippen molar-refractivity contribution in [2.45, 2.75) is 51.9 Å². The van der Waals surface area contributed by atoms with Gasteiger partial charge in [0.25, 0.3) is 0 Å². The molecule has 1 heteroatoms. The van der Waals surface area contributed by atoms with Gasteiger partial charge in [-0.2, -0.15) is 0 Å². The van der Waals surface area contributed by atoms with E-state index in [4.69, 9.17) is 0 Å². The zero-order valence-electron chi connectivity index (χ0n) is 31.5. The molecule has 0 radical (unpaired) electrons. The molecule has 1 unspecified atom stereocenters. The van der Waals surface area contributed by atoms with Crippen molar-refractivity contribution in [1.82, 2.24) is 0 Å². The Labute approximate surface area is 316 Å². The number of nitrogens with zero attached hydrogens (tertiary/aromatic N) is 1. The van der Waals surface area contributed by atoms with E-state index < -0.39 is 0 Å². The second kappa shape index (κ2) is 15.4. The van der Waals surface area contributed by atoms with Crippen molar-refractivity contribution in [2.24, 2.45) is 0 Å². The van der Waals surface area contributed by atoms with E-state index in [0.29, 0.717) is 0 Å². The number of rotatable bonds is 6. The minimum atomic E-state index is -0.0835. The lowest BCUT2D eigenvalue weighted by atomic mass is 9.77. The molecule has 2 aliphatic carbocycles. The van der Waals surface area contributed by atoms with Gasteiger partial charge in [-0.25, -0.2) is 0 Å². The Balaban J connectivity index is 1.43. The Morgan fingerprint density at radius 3 is 2.30 bits per heavy atom. The lowest BCUT2D eigenvalue weighted by Crippen LogP contribution is -2.20. The number of aryl methyl sites for hydroxylation is 1. The molecule has 0 aromatic heterocycles. The van der Waals surface area contributed by atoms with Gasteiger partial charge in [0.1, 0.15) is 0 Å². The van der Waals surface area contributed by atoms with Gasteiger partial charge in [-0.3, -0.25) is 0 Å². The number of fused-ring (bicyclic) bond motifs is 3. The maximum atomic E-state index is 4.50. The summed E-state index contributed by atoms with van der Waals surface area (Å²) in [5.74, 6) is 0.122. The van der Waals surface area contributed by atoms with Crippen LogP contribution in [0.3, 0.4) is 0 Å². The van der Waals surface area contributed by atoms with Gasteiger partial charge in [-0.05, 0) is 105 Å². The van der Waals surface area contributed by atoms with Crippen LogP contribution < -0.4 is 4.90 Å². The summed E-state index contributed by atoms with van der Waals surface area (Å²) in [5.41, 5.74) is 14.4. The minimum Gasteiger partial charge on any atom is -0.310 e. The Kier molecular flexibility index (Phi) is 10.3. The maximum Gasteiger partial charge on any atom is 0.0540 e. The third-order valence-electron chi connectivity index (χ3n) is 10.8. The molecular formula is C52H49N. The van der Waals surface area contributed by atoms with Crippen molar-refractivity contribution in [2.75, 3.05) is 4.90 Å². The summed E-state index contributed by atoms with van der Waals surface area (Å²) in [6.07, 6.45) is 27.7. The highest BCUT2D eigenvalue weighted by molar-refractivity contribution is 6.01. The van der Waals surface area contributed by atoms with Crippen LogP contribution in [0.4, 0.5) is 17.1 Å². The fraction of sp³-hybridized carbons (Fsp3) is 0.154. The highest BCUT2D eigenvalue weighted by Crippen LogP contribution is 2.46. The second-order valence-corrected chi connectivity index (χ2v) is 14.8.